The van der Waals surface area contributed by atoms with E-state index in [4.69, 9.17) is 4.74 Å². The molecule has 0 N–H and O–H groups in total. The second kappa shape index (κ2) is 10.3. The van der Waals surface area contributed by atoms with Crippen molar-refractivity contribution >= 4 is 11.8 Å². The number of piperidine rings is 1. The SMILES string of the molecule is CC(C)N(CC1CCCN(Cn2cnc(-c3ccc([N+](=O)[O-])cc3)n2)C1)C(=O)OC(C)(C)C. The van der Waals surface area contributed by atoms with E-state index in [0.717, 1.165) is 31.5 Å². The molecule has 10 heteroatoms. The fourth-order valence-electron chi connectivity index (χ4n) is 3.96. The molecule has 1 aromatic carbocycles. The third kappa shape index (κ3) is 6.98. The van der Waals surface area contributed by atoms with E-state index in [-0.39, 0.29) is 17.8 Å². The highest BCUT2D eigenvalue weighted by Gasteiger charge is 2.29. The maximum absolute atomic E-state index is 12.7. The van der Waals surface area contributed by atoms with Gasteiger partial charge in [0.1, 0.15) is 11.9 Å². The summed E-state index contributed by atoms with van der Waals surface area (Å²) < 4.78 is 7.39. The van der Waals surface area contributed by atoms with Crippen molar-refractivity contribution in [1.29, 1.82) is 0 Å². The van der Waals surface area contributed by atoms with E-state index in [1.54, 1.807) is 23.1 Å². The van der Waals surface area contributed by atoms with E-state index in [1.165, 1.54) is 12.1 Å². The van der Waals surface area contributed by atoms with Crippen molar-refractivity contribution in [3.05, 3.63) is 40.7 Å². The van der Waals surface area contributed by atoms with Gasteiger partial charge in [-0.05, 0) is 72.1 Å². The molecule has 2 aromatic rings. The second-order valence-electron chi connectivity index (χ2n) is 9.86. The number of likely N-dealkylation sites (tertiary alicyclic amines) is 1. The third-order valence-electron chi connectivity index (χ3n) is 5.53. The molecule has 1 fully saturated rings. The molecule has 2 heterocycles. The number of hydrogen-bond donors (Lipinski definition) is 0. The Hall–Kier alpha value is -3.01. The molecule has 0 aliphatic carbocycles. The first kappa shape index (κ1) is 24.6. The number of rotatable bonds is 7. The summed E-state index contributed by atoms with van der Waals surface area (Å²) in [7, 11) is 0. The first-order valence-electron chi connectivity index (χ1n) is 11.4. The summed E-state index contributed by atoms with van der Waals surface area (Å²) in [5.41, 5.74) is 0.261. The highest BCUT2D eigenvalue weighted by atomic mass is 16.6. The molecule has 0 bridgehead atoms. The number of nitro benzene ring substituents is 1. The number of carbonyl (C=O) groups excluding carboxylic acids is 1. The molecule has 1 aromatic heterocycles. The topological polar surface area (TPSA) is 107 Å². The van der Waals surface area contributed by atoms with Gasteiger partial charge in [-0.2, -0.15) is 0 Å². The number of amides is 1. The van der Waals surface area contributed by atoms with Crippen LogP contribution in [0.5, 0.6) is 0 Å². The van der Waals surface area contributed by atoms with Gasteiger partial charge in [0, 0.05) is 36.8 Å². The van der Waals surface area contributed by atoms with Gasteiger partial charge in [0.15, 0.2) is 5.82 Å². The van der Waals surface area contributed by atoms with Gasteiger partial charge in [0.25, 0.3) is 5.69 Å². The predicted molar refractivity (Wildman–Crippen MR) is 124 cm³/mol. The van der Waals surface area contributed by atoms with Crippen LogP contribution < -0.4 is 0 Å². The van der Waals surface area contributed by atoms with Crippen LogP contribution in [0.3, 0.4) is 0 Å². The first-order valence-corrected chi connectivity index (χ1v) is 11.4. The van der Waals surface area contributed by atoms with E-state index >= 15 is 0 Å². The Morgan fingerprint density at radius 1 is 1.30 bits per heavy atom. The second-order valence-corrected chi connectivity index (χ2v) is 9.86. The Kier molecular flexibility index (Phi) is 7.68. The number of benzene rings is 1. The van der Waals surface area contributed by atoms with E-state index in [2.05, 4.69) is 15.0 Å². The molecule has 33 heavy (non-hydrogen) atoms. The fourth-order valence-corrected chi connectivity index (χ4v) is 3.96. The number of ether oxygens (including phenoxy) is 1. The van der Waals surface area contributed by atoms with Gasteiger partial charge in [-0.3, -0.25) is 15.0 Å². The van der Waals surface area contributed by atoms with Crippen LogP contribution in [0, 0.1) is 16.0 Å². The lowest BCUT2D eigenvalue weighted by Gasteiger charge is -2.37. The molecule has 1 saturated heterocycles. The minimum Gasteiger partial charge on any atom is -0.444 e. The van der Waals surface area contributed by atoms with Crippen molar-refractivity contribution in [1.82, 2.24) is 24.6 Å². The number of nitro groups is 1. The molecule has 1 atom stereocenters. The van der Waals surface area contributed by atoms with Gasteiger partial charge in [0.2, 0.25) is 0 Å². The molecule has 1 amide bonds. The Bertz CT molecular complexity index is 951. The van der Waals surface area contributed by atoms with Crippen LogP contribution in [0.1, 0.15) is 47.5 Å². The quantitative estimate of drug-likeness (QED) is 0.453. The zero-order valence-electron chi connectivity index (χ0n) is 20.1. The Labute approximate surface area is 194 Å². The lowest BCUT2D eigenvalue weighted by molar-refractivity contribution is -0.384. The number of aromatic nitrogens is 3. The van der Waals surface area contributed by atoms with Crippen LogP contribution in [0.15, 0.2) is 30.6 Å². The van der Waals surface area contributed by atoms with Gasteiger partial charge in [0.05, 0.1) is 11.6 Å². The minimum absolute atomic E-state index is 0.0411. The van der Waals surface area contributed by atoms with Crippen molar-refractivity contribution in [3.8, 4) is 11.4 Å². The number of non-ortho nitro benzene ring substituents is 1. The molecule has 0 saturated carbocycles. The molecule has 0 radical (unpaired) electrons. The third-order valence-corrected chi connectivity index (χ3v) is 5.53. The molecule has 10 nitrogen and oxygen atoms in total. The maximum Gasteiger partial charge on any atom is 0.410 e. The molecule has 1 aliphatic heterocycles. The summed E-state index contributed by atoms with van der Waals surface area (Å²) in [6.07, 6.45) is 3.53. The van der Waals surface area contributed by atoms with E-state index in [9.17, 15) is 14.9 Å². The van der Waals surface area contributed by atoms with Gasteiger partial charge < -0.3 is 9.64 Å². The smallest absolute Gasteiger partial charge is 0.410 e. The highest BCUT2D eigenvalue weighted by Crippen LogP contribution is 2.22. The largest absolute Gasteiger partial charge is 0.444 e. The number of nitrogens with zero attached hydrogens (tertiary/aromatic N) is 6. The Morgan fingerprint density at radius 3 is 2.61 bits per heavy atom. The summed E-state index contributed by atoms with van der Waals surface area (Å²) in [6, 6.07) is 6.29. The summed E-state index contributed by atoms with van der Waals surface area (Å²) in [6.45, 7) is 12.8. The van der Waals surface area contributed by atoms with Gasteiger partial charge in [-0.25, -0.2) is 14.5 Å². The van der Waals surface area contributed by atoms with Gasteiger partial charge in [-0.15, -0.1) is 5.10 Å². The standard InChI is InChI=1S/C23H34N6O4/c1-17(2)28(22(30)33-23(3,4)5)14-18-7-6-12-26(13-18)16-27-15-24-21(25-27)19-8-10-20(11-9-19)29(31)32/h8-11,15,17-18H,6-7,12-14,16H2,1-5H3. The van der Waals surface area contributed by atoms with Crippen LogP contribution in [-0.2, 0) is 11.4 Å². The van der Waals surface area contributed by atoms with Crippen LogP contribution in [0.2, 0.25) is 0 Å². The van der Waals surface area contributed by atoms with Crippen LogP contribution in [-0.4, -0.2) is 66.9 Å². The van der Waals surface area contributed by atoms with Gasteiger partial charge >= 0.3 is 6.09 Å². The van der Waals surface area contributed by atoms with Crippen LogP contribution in [0.4, 0.5) is 10.5 Å². The number of carbonyl (C=O) groups is 1. The molecule has 0 spiro atoms. The van der Waals surface area contributed by atoms with E-state index in [1.807, 2.05) is 39.5 Å². The first-order chi connectivity index (χ1) is 15.5. The summed E-state index contributed by atoms with van der Waals surface area (Å²) >= 11 is 0. The zero-order valence-corrected chi connectivity index (χ0v) is 20.1. The Morgan fingerprint density at radius 2 is 2.00 bits per heavy atom. The monoisotopic (exact) mass is 458 g/mol. The van der Waals surface area contributed by atoms with E-state index < -0.39 is 10.5 Å². The average Bonchev–Trinajstić information content (AvgIpc) is 3.19. The molecular formula is C23H34N6O4. The van der Waals surface area contributed by atoms with Crippen molar-refractivity contribution in [2.45, 2.75) is 65.8 Å². The average molecular weight is 459 g/mol. The molecule has 180 valence electrons. The molecule has 3 rings (SSSR count). The van der Waals surface area contributed by atoms with Crippen LogP contribution in [0.25, 0.3) is 11.4 Å². The Balaban J connectivity index is 1.59. The molecule has 1 aliphatic rings. The maximum atomic E-state index is 12.7. The van der Waals surface area contributed by atoms with Crippen molar-refractivity contribution in [3.63, 3.8) is 0 Å². The number of hydrogen-bond acceptors (Lipinski definition) is 7. The van der Waals surface area contributed by atoms with Crippen molar-refractivity contribution < 1.29 is 14.5 Å². The lowest BCUT2D eigenvalue weighted by atomic mass is 9.97. The fraction of sp³-hybridized carbons (Fsp3) is 0.609. The van der Waals surface area contributed by atoms with Crippen molar-refractivity contribution in [2.75, 3.05) is 19.6 Å². The summed E-state index contributed by atoms with van der Waals surface area (Å²) in [5, 5.41) is 15.4. The highest BCUT2D eigenvalue weighted by molar-refractivity contribution is 5.68. The molecule has 1 unspecified atom stereocenters. The minimum atomic E-state index is -0.517. The summed E-state index contributed by atoms with van der Waals surface area (Å²) in [5.74, 6) is 0.890. The predicted octanol–water partition coefficient (Wildman–Crippen LogP) is 4.17. The van der Waals surface area contributed by atoms with Crippen molar-refractivity contribution in [2.24, 2.45) is 5.92 Å². The van der Waals surface area contributed by atoms with Crippen LogP contribution >= 0.6 is 0 Å². The zero-order chi connectivity index (χ0) is 24.2. The molecular weight excluding hydrogens is 424 g/mol. The van der Waals surface area contributed by atoms with Gasteiger partial charge in [-0.1, -0.05) is 0 Å². The summed E-state index contributed by atoms with van der Waals surface area (Å²) in [4.78, 5) is 31.6. The van der Waals surface area contributed by atoms with E-state index in [0.29, 0.717) is 25.0 Å². The normalized spacial score (nSPS) is 17.2. The lowest BCUT2D eigenvalue weighted by Crippen LogP contribution is -2.47.